The molecule has 0 saturated heterocycles. The largest absolute Gasteiger partial charge is 0.351 e. The number of benzene rings is 1. The minimum atomic E-state index is -0.399. The van der Waals surface area contributed by atoms with Crippen molar-refractivity contribution in [1.29, 1.82) is 0 Å². The van der Waals surface area contributed by atoms with Crippen LogP contribution in [-0.4, -0.2) is 22.6 Å². The summed E-state index contributed by atoms with van der Waals surface area (Å²) in [5.74, 6) is -0.237. The van der Waals surface area contributed by atoms with Crippen molar-refractivity contribution in [1.82, 2.24) is 15.5 Å². The summed E-state index contributed by atoms with van der Waals surface area (Å²) in [4.78, 5) is 15.6. The highest BCUT2D eigenvalue weighted by Crippen LogP contribution is 2.17. The third kappa shape index (κ3) is 3.13. The Morgan fingerprint density at radius 1 is 1.50 bits per heavy atom. The SMILES string of the molecule is O=C(NCCc1ncno1)c1ccc(F)cc1Br. The molecule has 7 heteroatoms. The number of carbonyl (C=O) groups excluding carboxylic acids is 1. The Morgan fingerprint density at radius 2 is 2.33 bits per heavy atom. The van der Waals surface area contributed by atoms with Crippen molar-refractivity contribution in [3.63, 3.8) is 0 Å². The maximum Gasteiger partial charge on any atom is 0.252 e. The Morgan fingerprint density at radius 3 is 3.00 bits per heavy atom. The van der Waals surface area contributed by atoms with Crippen LogP contribution >= 0.6 is 15.9 Å². The van der Waals surface area contributed by atoms with E-state index < -0.39 is 5.82 Å². The number of carbonyl (C=O) groups is 1. The second-order valence-corrected chi connectivity index (χ2v) is 4.32. The summed E-state index contributed by atoms with van der Waals surface area (Å²) in [5, 5.41) is 6.13. The first-order chi connectivity index (χ1) is 8.66. The van der Waals surface area contributed by atoms with Crippen LogP contribution in [0, 0.1) is 5.82 Å². The van der Waals surface area contributed by atoms with Crippen molar-refractivity contribution < 1.29 is 13.7 Å². The van der Waals surface area contributed by atoms with E-state index in [1.165, 1.54) is 24.5 Å². The van der Waals surface area contributed by atoms with Crippen molar-refractivity contribution in [2.24, 2.45) is 0 Å². The smallest absolute Gasteiger partial charge is 0.252 e. The van der Waals surface area contributed by atoms with Crippen molar-refractivity contribution in [3.05, 3.63) is 46.3 Å². The Hall–Kier alpha value is -1.76. The molecular formula is C11H9BrFN3O2. The molecule has 1 heterocycles. The normalized spacial score (nSPS) is 10.3. The highest BCUT2D eigenvalue weighted by atomic mass is 79.9. The molecule has 0 radical (unpaired) electrons. The molecule has 1 aromatic carbocycles. The average Bonchev–Trinajstić information content (AvgIpc) is 2.81. The second-order valence-electron chi connectivity index (χ2n) is 3.47. The molecule has 0 saturated carbocycles. The predicted molar refractivity (Wildman–Crippen MR) is 64.4 cm³/mol. The van der Waals surface area contributed by atoms with Crippen LogP contribution in [0.1, 0.15) is 16.2 Å². The van der Waals surface area contributed by atoms with E-state index in [4.69, 9.17) is 4.52 Å². The van der Waals surface area contributed by atoms with E-state index in [1.54, 1.807) is 0 Å². The van der Waals surface area contributed by atoms with E-state index in [9.17, 15) is 9.18 Å². The van der Waals surface area contributed by atoms with Crippen LogP contribution in [0.2, 0.25) is 0 Å². The van der Waals surface area contributed by atoms with Gasteiger partial charge in [0.25, 0.3) is 5.91 Å². The first-order valence-electron chi connectivity index (χ1n) is 5.15. The molecule has 0 aliphatic heterocycles. The molecule has 0 aliphatic rings. The molecule has 2 rings (SSSR count). The van der Waals surface area contributed by atoms with Crippen molar-refractivity contribution in [3.8, 4) is 0 Å². The molecule has 0 unspecified atom stereocenters. The van der Waals surface area contributed by atoms with Gasteiger partial charge in [0.15, 0.2) is 6.33 Å². The Balaban J connectivity index is 1.91. The summed E-state index contributed by atoms with van der Waals surface area (Å²) in [6.45, 7) is 0.366. The van der Waals surface area contributed by atoms with Crippen LogP contribution in [0.25, 0.3) is 0 Å². The van der Waals surface area contributed by atoms with E-state index in [2.05, 4.69) is 31.4 Å². The number of nitrogens with one attached hydrogen (secondary N) is 1. The molecule has 0 fully saturated rings. The number of hydrogen-bond acceptors (Lipinski definition) is 4. The van der Waals surface area contributed by atoms with Crippen molar-refractivity contribution >= 4 is 21.8 Å². The summed E-state index contributed by atoms with van der Waals surface area (Å²) in [7, 11) is 0. The molecule has 0 aliphatic carbocycles. The van der Waals surface area contributed by atoms with Gasteiger partial charge in [-0.3, -0.25) is 4.79 Å². The lowest BCUT2D eigenvalue weighted by Crippen LogP contribution is -2.26. The fourth-order valence-electron chi connectivity index (χ4n) is 1.36. The maximum absolute atomic E-state index is 12.9. The summed E-state index contributed by atoms with van der Waals surface area (Å²) in [6.07, 6.45) is 1.75. The van der Waals surface area contributed by atoms with Crippen molar-refractivity contribution in [2.45, 2.75) is 6.42 Å². The number of nitrogens with zero attached hydrogens (tertiary/aromatic N) is 2. The van der Waals surface area contributed by atoms with Gasteiger partial charge < -0.3 is 9.84 Å². The van der Waals surface area contributed by atoms with E-state index in [0.717, 1.165) is 0 Å². The number of amides is 1. The van der Waals surface area contributed by atoms with Gasteiger partial charge in [0.05, 0.1) is 5.56 Å². The average molecular weight is 314 g/mol. The van der Waals surface area contributed by atoms with Crippen LogP contribution in [0.15, 0.2) is 33.5 Å². The Labute approximate surface area is 111 Å². The van der Waals surface area contributed by atoms with Crippen LogP contribution < -0.4 is 5.32 Å². The Bertz CT molecular complexity index is 545. The molecule has 94 valence electrons. The van der Waals surface area contributed by atoms with Gasteiger partial charge in [-0.05, 0) is 34.1 Å². The van der Waals surface area contributed by atoms with Crippen LogP contribution in [0.5, 0.6) is 0 Å². The molecule has 5 nitrogen and oxygen atoms in total. The van der Waals surface area contributed by atoms with Crippen molar-refractivity contribution in [2.75, 3.05) is 6.54 Å². The lowest BCUT2D eigenvalue weighted by atomic mass is 10.2. The Kier molecular flexibility index (Phi) is 4.03. The van der Waals surface area contributed by atoms with E-state index in [0.29, 0.717) is 28.9 Å². The molecular weight excluding hydrogens is 305 g/mol. The molecule has 1 aromatic heterocycles. The molecule has 0 bridgehead atoms. The zero-order valence-corrected chi connectivity index (χ0v) is 10.8. The maximum atomic E-state index is 12.9. The minimum absolute atomic E-state index is 0.290. The van der Waals surface area contributed by atoms with E-state index in [-0.39, 0.29) is 5.91 Å². The first-order valence-corrected chi connectivity index (χ1v) is 5.95. The zero-order valence-electron chi connectivity index (χ0n) is 9.19. The van der Waals surface area contributed by atoms with Crippen LogP contribution in [0.3, 0.4) is 0 Å². The fourth-order valence-corrected chi connectivity index (χ4v) is 1.89. The summed E-state index contributed by atoms with van der Waals surface area (Å²) < 4.78 is 18.1. The first kappa shape index (κ1) is 12.7. The summed E-state index contributed by atoms with van der Waals surface area (Å²) >= 11 is 3.14. The second kappa shape index (κ2) is 5.72. The monoisotopic (exact) mass is 313 g/mol. The van der Waals surface area contributed by atoms with Gasteiger partial charge >= 0.3 is 0 Å². The minimum Gasteiger partial charge on any atom is -0.351 e. The third-order valence-electron chi connectivity index (χ3n) is 2.21. The van der Waals surface area contributed by atoms with Gasteiger partial charge in [0.2, 0.25) is 5.89 Å². The fraction of sp³-hybridized carbons (Fsp3) is 0.182. The van der Waals surface area contributed by atoms with Crippen LogP contribution in [0.4, 0.5) is 4.39 Å². The van der Waals surface area contributed by atoms with Gasteiger partial charge in [-0.15, -0.1) is 0 Å². The summed E-state index contributed by atoms with van der Waals surface area (Å²) in [5.41, 5.74) is 0.377. The van der Waals surface area contributed by atoms with Gasteiger partial charge in [0, 0.05) is 17.4 Å². The topological polar surface area (TPSA) is 68.0 Å². The van der Waals surface area contributed by atoms with Gasteiger partial charge in [-0.2, -0.15) is 4.98 Å². The highest BCUT2D eigenvalue weighted by molar-refractivity contribution is 9.10. The van der Waals surface area contributed by atoms with Gasteiger partial charge in [0.1, 0.15) is 5.82 Å². The molecule has 18 heavy (non-hydrogen) atoms. The lowest BCUT2D eigenvalue weighted by Gasteiger charge is -2.05. The zero-order chi connectivity index (χ0) is 13.0. The lowest BCUT2D eigenvalue weighted by molar-refractivity contribution is 0.0952. The molecule has 0 atom stereocenters. The number of aromatic nitrogens is 2. The van der Waals surface area contributed by atoms with Gasteiger partial charge in [-0.1, -0.05) is 5.16 Å². The third-order valence-corrected chi connectivity index (χ3v) is 2.86. The summed E-state index contributed by atoms with van der Waals surface area (Å²) in [6, 6.07) is 3.89. The standard InChI is InChI=1S/C11H9BrFN3O2/c12-9-5-7(13)1-2-8(9)11(17)14-4-3-10-15-6-16-18-10/h1-2,5-6H,3-4H2,(H,14,17). The van der Waals surface area contributed by atoms with Crippen LogP contribution in [-0.2, 0) is 6.42 Å². The van der Waals surface area contributed by atoms with E-state index >= 15 is 0 Å². The quantitative estimate of drug-likeness (QED) is 0.936. The van der Waals surface area contributed by atoms with E-state index in [1.807, 2.05) is 0 Å². The number of hydrogen-bond donors (Lipinski definition) is 1. The predicted octanol–water partition coefficient (Wildman–Crippen LogP) is 1.94. The molecule has 1 amide bonds. The number of halogens is 2. The highest BCUT2D eigenvalue weighted by Gasteiger charge is 2.10. The van der Waals surface area contributed by atoms with Gasteiger partial charge in [-0.25, -0.2) is 4.39 Å². The molecule has 0 spiro atoms. The molecule has 2 aromatic rings. The molecule has 1 N–H and O–H groups in total. The number of rotatable bonds is 4.